The molecule has 0 aliphatic heterocycles. The summed E-state index contributed by atoms with van der Waals surface area (Å²) < 4.78 is 6.80. The van der Waals surface area contributed by atoms with Crippen molar-refractivity contribution >= 4 is 5.69 Å². The fourth-order valence-corrected chi connectivity index (χ4v) is 1.23. The SMILES string of the molecule is CC(C)(C)c1noc(Cn2cc(N)cn2)n1. The molecule has 0 saturated heterocycles. The van der Waals surface area contributed by atoms with Crippen molar-refractivity contribution in [1.29, 1.82) is 0 Å². The van der Waals surface area contributed by atoms with Crippen LogP contribution in [0.3, 0.4) is 0 Å². The summed E-state index contributed by atoms with van der Waals surface area (Å²) in [5, 5.41) is 7.98. The minimum Gasteiger partial charge on any atom is -0.396 e. The Hall–Kier alpha value is -1.85. The minimum atomic E-state index is -0.106. The number of nitrogen functional groups attached to an aromatic ring is 1. The monoisotopic (exact) mass is 221 g/mol. The lowest BCUT2D eigenvalue weighted by atomic mass is 9.96. The molecule has 0 spiro atoms. The molecule has 2 heterocycles. The Morgan fingerprint density at radius 1 is 1.44 bits per heavy atom. The van der Waals surface area contributed by atoms with E-state index in [-0.39, 0.29) is 5.41 Å². The van der Waals surface area contributed by atoms with Crippen molar-refractivity contribution in [3.63, 3.8) is 0 Å². The Kier molecular flexibility index (Phi) is 2.41. The fraction of sp³-hybridized carbons (Fsp3) is 0.500. The third kappa shape index (κ3) is 2.21. The molecule has 0 radical (unpaired) electrons. The van der Waals surface area contributed by atoms with Crippen LogP contribution in [0.2, 0.25) is 0 Å². The molecule has 16 heavy (non-hydrogen) atoms. The maximum atomic E-state index is 5.56. The quantitative estimate of drug-likeness (QED) is 0.823. The lowest BCUT2D eigenvalue weighted by Crippen LogP contribution is -2.13. The zero-order valence-electron chi connectivity index (χ0n) is 9.64. The Bertz CT molecular complexity index is 479. The third-order valence-electron chi connectivity index (χ3n) is 2.09. The van der Waals surface area contributed by atoms with E-state index in [9.17, 15) is 0 Å². The summed E-state index contributed by atoms with van der Waals surface area (Å²) in [6.07, 6.45) is 3.31. The summed E-state index contributed by atoms with van der Waals surface area (Å²) in [5.74, 6) is 1.23. The molecule has 2 aromatic heterocycles. The normalized spacial score (nSPS) is 11.9. The van der Waals surface area contributed by atoms with Crippen LogP contribution in [-0.4, -0.2) is 19.9 Å². The number of hydrogen-bond donors (Lipinski definition) is 1. The predicted molar refractivity (Wildman–Crippen MR) is 58.7 cm³/mol. The van der Waals surface area contributed by atoms with E-state index >= 15 is 0 Å². The summed E-state index contributed by atoms with van der Waals surface area (Å²) in [4.78, 5) is 4.31. The van der Waals surface area contributed by atoms with Crippen LogP contribution in [0, 0.1) is 0 Å². The Morgan fingerprint density at radius 2 is 2.19 bits per heavy atom. The van der Waals surface area contributed by atoms with Crippen LogP contribution in [0.25, 0.3) is 0 Å². The van der Waals surface area contributed by atoms with Gasteiger partial charge in [0.15, 0.2) is 5.82 Å². The first-order valence-electron chi connectivity index (χ1n) is 5.06. The number of rotatable bonds is 2. The van der Waals surface area contributed by atoms with Crippen molar-refractivity contribution < 1.29 is 4.52 Å². The van der Waals surface area contributed by atoms with E-state index < -0.39 is 0 Å². The minimum absolute atomic E-state index is 0.106. The van der Waals surface area contributed by atoms with Crippen molar-refractivity contribution in [2.75, 3.05) is 5.73 Å². The number of hydrogen-bond acceptors (Lipinski definition) is 5. The summed E-state index contributed by atoms with van der Waals surface area (Å²) >= 11 is 0. The molecule has 0 aliphatic carbocycles. The Balaban J connectivity index is 2.14. The maximum absolute atomic E-state index is 5.56. The van der Waals surface area contributed by atoms with Gasteiger partial charge in [-0.2, -0.15) is 10.1 Å². The summed E-state index contributed by atoms with van der Waals surface area (Å²) in [7, 11) is 0. The molecule has 2 N–H and O–H groups in total. The first kappa shape index (κ1) is 10.7. The number of aromatic nitrogens is 4. The van der Waals surface area contributed by atoms with Gasteiger partial charge in [0.1, 0.15) is 6.54 Å². The molecule has 0 saturated carbocycles. The van der Waals surface area contributed by atoms with Crippen LogP contribution < -0.4 is 5.73 Å². The van der Waals surface area contributed by atoms with Gasteiger partial charge in [-0.25, -0.2) is 0 Å². The van der Waals surface area contributed by atoms with Gasteiger partial charge in [-0.05, 0) is 0 Å². The molecule has 0 aromatic carbocycles. The molecule has 2 rings (SSSR count). The summed E-state index contributed by atoms with van der Waals surface area (Å²) in [6, 6.07) is 0. The molecule has 0 fully saturated rings. The van der Waals surface area contributed by atoms with Gasteiger partial charge >= 0.3 is 0 Å². The average Bonchev–Trinajstić information content (AvgIpc) is 2.74. The van der Waals surface area contributed by atoms with Crippen molar-refractivity contribution in [3.8, 4) is 0 Å². The Morgan fingerprint density at radius 3 is 2.69 bits per heavy atom. The smallest absolute Gasteiger partial charge is 0.248 e. The van der Waals surface area contributed by atoms with Crippen LogP contribution in [0.15, 0.2) is 16.9 Å². The topological polar surface area (TPSA) is 82.8 Å². The van der Waals surface area contributed by atoms with Crippen molar-refractivity contribution in [1.82, 2.24) is 19.9 Å². The molecule has 2 aromatic rings. The van der Waals surface area contributed by atoms with E-state index in [2.05, 4.69) is 15.2 Å². The van der Waals surface area contributed by atoms with Crippen LogP contribution >= 0.6 is 0 Å². The summed E-state index contributed by atoms with van der Waals surface area (Å²) in [5.41, 5.74) is 6.07. The van der Waals surface area contributed by atoms with Gasteiger partial charge in [-0.1, -0.05) is 25.9 Å². The van der Waals surface area contributed by atoms with Gasteiger partial charge in [-0.15, -0.1) is 0 Å². The fourth-order valence-electron chi connectivity index (χ4n) is 1.23. The molecular formula is C10H15N5O. The van der Waals surface area contributed by atoms with E-state index in [1.54, 1.807) is 17.1 Å². The molecule has 0 aliphatic rings. The van der Waals surface area contributed by atoms with Crippen molar-refractivity contribution in [2.24, 2.45) is 0 Å². The largest absolute Gasteiger partial charge is 0.396 e. The van der Waals surface area contributed by atoms with E-state index in [4.69, 9.17) is 10.3 Å². The maximum Gasteiger partial charge on any atom is 0.248 e. The van der Waals surface area contributed by atoms with E-state index in [0.29, 0.717) is 23.9 Å². The summed E-state index contributed by atoms with van der Waals surface area (Å²) in [6.45, 7) is 6.55. The van der Waals surface area contributed by atoms with Crippen LogP contribution in [0.1, 0.15) is 32.5 Å². The van der Waals surface area contributed by atoms with Gasteiger partial charge in [0.2, 0.25) is 5.89 Å². The first-order chi connectivity index (χ1) is 7.45. The van der Waals surface area contributed by atoms with Gasteiger partial charge in [0, 0.05) is 11.6 Å². The second-order valence-corrected chi connectivity index (χ2v) is 4.73. The lowest BCUT2D eigenvalue weighted by Gasteiger charge is -2.10. The van der Waals surface area contributed by atoms with Crippen LogP contribution in [0.4, 0.5) is 5.69 Å². The second-order valence-electron chi connectivity index (χ2n) is 4.73. The number of nitrogens with two attached hydrogens (primary N) is 1. The lowest BCUT2D eigenvalue weighted by molar-refractivity contribution is 0.353. The van der Waals surface area contributed by atoms with Gasteiger partial charge in [0.25, 0.3) is 0 Å². The predicted octanol–water partition coefficient (Wildman–Crippen LogP) is 1.19. The second kappa shape index (κ2) is 3.62. The van der Waals surface area contributed by atoms with Crippen molar-refractivity contribution in [3.05, 3.63) is 24.1 Å². The molecule has 0 amide bonds. The third-order valence-corrected chi connectivity index (χ3v) is 2.09. The van der Waals surface area contributed by atoms with E-state index in [1.165, 1.54) is 0 Å². The van der Waals surface area contributed by atoms with E-state index in [0.717, 1.165) is 0 Å². The zero-order chi connectivity index (χ0) is 11.8. The Labute approximate surface area is 93.4 Å². The molecule has 6 heteroatoms. The van der Waals surface area contributed by atoms with Crippen molar-refractivity contribution in [2.45, 2.75) is 32.7 Å². The highest BCUT2D eigenvalue weighted by Crippen LogP contribution is 2.18. The molecule has 86 valence electrons. The molecule has 6 nitrogen and oxygen atoms in total. The average molecular weight is 221 g/mol. The van der Waals surface area contributed by atoms with Crippen LogP contribution in [0.5, 0.6) is 0 Å². The van der Waals surface area contributed by atoms with Crippen LogP contribution in [-0.2, 0) is 12.0 Å². The van der Waals surface area contributed by atoms with Gasteiger partial charge in [0.05, 0.1) is 11.9 Å². The van der Waals surface area contributed by atoms with E-state index in [1.807, 2.05) is 20.8 Å². The molecule has 0 atom stereocenters. The highest BCUT2D eigenvalue weighted by Gasteiger charge is 2.20. The first-order valence-corrected chi connectivity index (χ1v) is 5.06. The molecular weight excluding hydrogens is 206 g/mol. The van der Waals surface area contributed by atoms with Gasteiger partial charge < -0.3 is 10.3 Å². The highest BCUT2D eigenvalue weighted by atomic mass is 16.5. The number of nitrogens with zero attached hydrogens (tertiary/aromatic N) is 4. The molecule has 0 bridgehead atoms. The highest BCUT2D eigenvalue weighted by molar-refractivity contribution is 5.30. The van der Waals surface area contributed by atoms with Gasteiger partial charge in [-0.3, -0.25) is 4.68 Å². The zero-order valence-corrected chi connectivity index (χ0v) is 9.64. The standard InChI is InChI=1S/C10H15N5O/c1-10(2,3)9-13-8(16-14-9)6-15-5-7(11)4-12-15/h4-5H,6,11H2,1-3H3. The number of anilines is 1. The molecule has 0 unspecified atom stereocenters.